The summed E-state index contributed by atoms with van der Waals surface area (Å²) in [6.45, 7) is 6.03. The maximum atomic E-state index is 14.2. The minimum atomic E-state index is -0.231. The lowest BCUT2D eigenvalue weighted by molar-refractivity contribution is -0.171. The quantitative estimate of drug-likeness (QED) is 0.158. The topological polar surface area (TPSA) is 90.0 Å². The minimum absolute atomic E-state index is 0.00426. The molecule has 3 aliphatic heterocycles. The predicted molar refractivity (Wildman–Crippen MR) is 206 cm³/mol. The molecule has 7 heteroatoms. The van der Waals surface area contributed by atoms with Crippen LogP contribution in [0.3, 0.4) is 0 Å². The Kier molecular flexibility index (Phi) is 17.3. The SMILES string of the molecule is C1CCOC1.C1CCOC1.Cc1ccc(C(=O)C[C@H]2CCCCCC[C@H]2C(=O)C[C@H]2CCCCCC[C@H]2C(=O)N2C(=O)[C@@H]3CCCCCC[C@@H]32)cc1. The van der Waals surface area contributed by atoms with Crippen molar-refractivity contribution in [2.24, 2.45) is 29.6 Å². The number of carbonyl (C=O) groups excluding carboxylic acids is 4. The lowest BCUT2D eigenvalue weighted by Crippen LogP contribution is -2.64. The van der Waals surface area contributed by atoms with Crippen LogP contribution in [0.2, 0.25) is 0 Å². The van der Waals surface area contributed by atoms with Gasteiger partial charge in [0.25, 0.3) is 0 Å². The summed E-state index contributed by atoms with van der Waals surface area (Å²) >= 11 is 0. The molecule has 0 radical (unpaired) electrons. The van der Waals surface area contributed by atoms with E-state index in [0.29, 0.717) is 12.8 Å². The fourth-order valence-electron chi connectivity index (χ4n) is 9.66. The van der Waals surface area contributed by atoms with Crippen molar-refractivity contribution >= 4 is 23.4 Å². The summed E-state index contributed by atoms with van der Waals surface area (Å²) in [7, 11) is 0. The van der Waals surface area contributed by atoms with Crippen LogP contribution in [-0.4, -0.2) is 60.8 Å². The molecule has 0 N–H and O–H groups in total. The zero-order valence-corrected chi connectivity index (χ0v) is 32.5. The van der Waals surface area contributed by atoms with Gasteiger partial charge in [0.05, 0.1) is 12.0 Å². The molecule has 0 spiro atoms. The molecule has 290 valence electrons. The molecule has 7 rings (SSSR count). The van der Waals surface area contributed by atoms with Gasteiger partial charge < -0.3 is 9.47 Å². The lowest BCUT2D eigenvalue weighted by Gasteiger charge is -2.49. The third-order valence-corrected chi connectivity index (χ3v) is 12.8. The molecule has 3 saturated carbocycles. The summed E-state index contributed by atoms with van der Waals surface area (Å²) in [5, 5.41) is 0. The van der Waals surface area contributed by atoms with Gasteiger partial charge >= 0.3 is 0 Å². The predicted octanol–water partition coefficient (Wildman–Crippen LogP) is 10.0. The Morgan fingerprint density at radius 3 is 1.60 bits per heavy atom. The second kappa shape index (κ2) is 22.1. The van der Waals surface area contributed by atoms with E-state index in [0.717, 1.165) is 134 Å². The first kappa shape index (κ1) is 40.8. The summed E-state index contributed by atoms with van der Waals surface area (Å²) in [5.74, 6) is 0.241. The molecule has 7 nitrogen and oxygen atoms in total. The van der Waals surface area contributed by atoms with Crippen molar-refractivity contribution < 1.29 is 28.7 Å². The van der Waals surface area contributed by atoms with Gasteiger partial charge in [-0.2, -0.15) is 0 Å². The van der Waals surface area contributed by atoms with Gasteiger partial charge in [-0.1, -0.05) is 107 Å². The van der Waals surface area contributed by atoms with Gasteiger partial charge in [0, 0.05) is 56.7 Å². The number of aryl methyl sites for hydroxylation is 1. The van der Waals surface area contributed by atoms with Crippen LogP contribution in [-0.2, 0) is 23.9 Å². The Labute approximate surface area is 314 Å². The zero-order valence-electron chi connectivity index (χ0n) is 32.5. The van der Waals surface area contributed by atoms with Gasteiger partial charge in [-0.05, 0) is 83.0 Å². The molecule has 1 aromatic rings. The van der Waals surface area contributed by atoms with Crippen molar-refractivity contribution in [3.8, 4) is 0 Å². The molecule has 52 heavy (non-hydrogen) atoms. The van der Waals surface area contributed by atoms with Gasteiger partial charge in [0.15, 0.2) is 5.78 Å². The molecule has 1 aromatic carbocycles. The van der Waals surface area contributed by atoms with E-state index in [2.05, 4.69) is 0 Å². The minimum Gasteiger partial charge on any atom is -0.381 e. The number of ether oxygens (including phenoxy) is 2. The molecule has 0 bridgehead atoms. The normalized spacial score (nSPS) is 29.8. The average Bonchev–Trinajstić information content (AvgIpc) is 3.89. The molecule has 6 atom stereocenters. The highest BCUT2D eigenvalue weighted by Crippen LogP contribution is 2.42. The van der Waals surface area contributed by atoms with E-state index in [4.69, 9.17) is 9.47 Å². The largest absolute Gasteiger partial charge is 0.381 e. The van der Waals surface area contributed by atoms with E-state index in [1.807, 2.05) is 31.2 Å². The van der Waals surface area contributed by atoms with Gasteiger partial charge in [-0.3, -0.25) is 24.1 Å². The lowest BCUT2D eigenvalue weighted by atomic mass is 9.71. The van der Waals surface area contributed by atoms with Crippen LogP contribution in [0, 0.1) is 36.5 Å². The number of β-lactam (4-membered cyclic amide) rings is 1. The number of fused-ring (bicyclic) bond motifs is 1. The Morgan fingerprint density at radius 2 is 1.06 bits per heavy atom. The van der Waals surface area contributed by atoms with Crippen LogP contribution in [0.25, 0.3) is 0 Å². The zero-order chi connectivity index (χ0) is 36.5. The first-order chi connectivity index (χ1) is 25.4. The molecular formula is C45H69NO6. The average molecular weight is 720 g/mol. The van der Waals surface area contributed by atoms with Gasteiger partial charge in [-0.25, -0.2) is 0 Å². The molecule has 3 heterocycles. The van der Waals surface area contributed by atoms with Crippen molar-refractivity contribution in [2.45, 2.75) is 167 Å². The molecule has 2 amide bonds. The summed E-state index contributed by atoms with van der Waals surface area (Å²) in [5.41, 5.74) is 1.88. The number of hydrogen-bond donors (Lipinski definition) is 0. The third-order valence-electron chi connectivity index (χ3n) is 12.8. The number of amides is 2. The summed E-state index contributed by atoms with van der Waals surface area (Å²) in [6, 6.07) is 7.89. The first-order valence-corrected chi connectivity index (χ1v) is 21.6. The number of benzene rings is 1. The number of likely N-dealkylation sites (tertiary alicyclic amines) is 1. The van der Waals surface area contributed by atoms with Crippen LogP contribution < -0.4 is 0 Å². The fraction of sp³-hybridized carbons (Fsp3) is 0.778. The maximum Gasteiger partial charge on any atom is 0.234 e. The van der Waals surface area contributed by atoms with E-state index < -0.39 is 0 Å². The Morgan fingerprint density at radius 1 is 0.577 bits per heavy atom. The maximum absolute atomic E-state index is 14.2. The van der Waals surface area contributed by atoms with Crippen LogP contribution >= 0.6 is 0 Å². The van der Waals surface area contributed by atoms with Crippen LogP contribution in [0.4, 0.5) is 0 Å². The van der Waals surface area contributed by atoms with Crippen molar-refractivity contribution in [3.63, 3.8) is 0 Å². The third kappa shape index (κ3) is 12.1. The van der Waals surface area contributed by atoms with E-state index in [1.165, 1.54) is 44.9 Å². The first-order valence-electron chi connectivity index (χ1n) is 21.6. The van der Waals surface area contributed by atoms with E-state index in [1.54, 1.807) is 4.90 Å². The van der Waals surface area contributed by atoms with Crippen LogP contribution in [0.5, 0.6) is 0 Å². The Balaban J connectivity index is 0.000000449. The van der Waals surface area contributed by atoms with Crippen molar-refractivity contribution in [2.75, 3.05) is 26.4 Å². The van der Waals surface area contributed by atoms with E-state index in [-0.39, 0.29) is 59.0 Å². The molecule has 0 aromatic heterocycles. The smallest absolute Gasteiger partial charge is 0.234 e. The number of Topliss-reactive ketones (excluding diaryl/α,β-unsaturated/α-hetero) is 2. The van der Waals surface area contributed by atoms with Crippen molar-refractivity contribution in [3.05, 3.63) is 35.4 Å². The van der Waals surface area contributed by atoms with Gasteiger partial charge in [0.1, 0.15) is 5.78 Å². The summed E-state index contributed by atoms with van der Waals surface area (Å²) in [4.78, 5) is 56.5. The highest BCUT2D eigenvalue weighted by molar-refractivity contribution is 6.03. The molecule has 6 fully saturated rings. The second-order valence-corrected chi connectivity index (χ2v) is 16.7. The van der Waals surface area contributed by atoms with E-state index >= 15 is 0 Å². The van der Waals surface area contributed by atoms with Gasteiger partial charge in [0.2, 0.25) is 11.8 Å². The molecule has 0 unspecified atom stereocenters. The number of carbonyl (C=O) groups is 4. The van der Waals surface area contributed by atoms with E-state index in [9.17, 15) is 19.2 Å². The number of ketones is 2. The highest BCUT2D eigenvalue weighted by atomic mass is 16.5. The summed E-state index contributed by atoms with van der Waals surface area (Å²) in [6.07, 6.45) is 24.6. The molecule has 6 aliphatic rings. The monoisotopic (exact) mass is 720 g/mol. The fourth-order valence-corrected chi connectivity index (χ4v) is 9.66. The number of imide groups is 1. The molecule has 3 aliphatic carbocycles. The van der Waals surface area contributed by atoms with Crippen LogP contribution in [0.15, 0.2) is 24.3 Å². The molecule has 3 saturated heterocycles. The summed E-state index contributed by atoms with van der Waals surface area (Å²) < 4.78 is 9.89. The Hall–Kier alpha value is -2.38. The van der Waals surface area contributed by atoms with Crippen molar-refractivity contribution in [1.29, 1.82) is 0 Å². The number of nitrogens with zero attached hydrogens (tertiary/aromatic N) is 1. The standard InChI is InChI=1S/C37H53NO4.2C4H8O/c1-26-20-22-27(23-21-26)34(39)24-28-14-8-2-4-10-16-30(28)35(40)25-29-15-9-3-5-11-17-31(29)36(41)38-33-19-13-7-6-12-18-32(33)37(38)42;2*1-2-4-5-3-1/h20-23,28-33H,2-19,24-25H2,1H3;2*1-4H2/t28-,29-,30-,31-,32-,33+;;/m1../s1. The second-order valence-electron chi connectivity index (χ2n) is 16.7. The van der Waals surface area contributed by atoms with Crippen molar-refractivity contribution in [1.82, 2.24) is 4.90 Å². The number of rotatable bonds is 7. The Bertz CT molecular complexity index is 1230. The number of hydrogen-bond acceptors (Lipinski definition) is 6. The highest BCUT2D eigenvalue weighted by Gasteiger charge is 2.52. The van der Waals surface area contributed by atoms with Gasteiger partial charge in [-0.15, -0.1) is 0 Å². The van der Waals surface area contributed by atoms with Crippen LogP contribution in [0.1, 0.15) is 170 Å². The molecular weight excluding hydrogens is 650 g/mol.